The first kappa shape index (κ1) is 22.1. The fourth-order valence-electron chi connectivity index (χ4n) is 2.79. The van der Waals surface area contributed by atoms with Crippen molar-refractivity contribution in [2.24, 2.45) is 0 Å². The molecule has 1 N–H and O–H groups in total. The number of amides is 1. The first-order valence-electron chi connectivity index (χ1n) is 9.25. The predicted octanol–water partition coefficient (Wildman–Crippen LogP) is 3.91. The first-order valence-corrected chi connectivity index (χ1v) is 10.6. The molecule has 0 radical (unpaired) electrons. The van der Waals surface area contributed by atoms with Gasteiger partial charge in [0.25, 0.3) is 5.22 Å². The van der Waals surface area contributed by atoms with Crippen molar-refractivity contribution in [1.29, 1.82) is 0 Å². The number of carbonyl (C=O) groups excluding carboxylic acids is 1. The van der Waals surface area contributed by atoms with Gasteiger partial charge >= 0.3 is 0 Å². The van der Waals surface area contributed by atoms with E-state index in [0.717, 1.165) is 16.9 Å². The molecule has 1 aromatic heterocycles. The Morgan fingerprint density at radius 1 is 1.17 bits per heavy atom. The molecular formula is C21H23ClN4O3S. The lowest BCUT2D eigenvalue weighted by atomic mass is 10.1. The minimum absolute atomic E-state index is 0.0461. The highest BCUT2D eigenvalue weighted by Crippen LogP contribution is 2.24. The Bertz CT molecular complexity index is 961. The first-order chi connectivity index (χ1) is 14.5. The van der Waals surface area contributed by atoms with Crippen LogP contribution in [0.1, 0.15) is 11.6 Å². The van der Waals surface area contributed by atoms with Gasteiger partial charge in [0, 0.05) is 17.1 Å². The second-order valence-electron chi connectivity index (χ2n) is 6.73. The van der Waals surface area contributed by atoms with Crippen molar-refractivity contribution < 1.29 is 13.9 Å². The number of benzene rings is 2. The second-order valence-corrected chi connectivity index (χ2v) is 8.09. The van der Waals surface area contributed by atoms with E-state index in [2.05, 4.69) is 20.4 Å². The lowest BCUT2D eigenvalue weighted by molar-refractivity contribution is -0.118. The molecule has 1 heterocycles. The fraction of sp³-hybridized carbons (Fsp3) is 0.286. The molecule has 0 aliphatic heterocycles. The number of nitrogens with one attached hydrogen (secondary N) is 1. The zero-order valence-corrected chi connectivity index (χ0v) is 18.5. The van der Waals surface area contributed by atoms with Gasteiger partial charge in [-0.05, 0) is 56.1 Å². The van der Waals surface area contributed by atoms with Crippen molar-refractivity contribution in [3.8, 4) is 17.2 Å². The Hall–Kier alpha value is -2.55. The molecule has 158 valence electrons. The van der Waals surface area contributed by atoms with Gasteiger partial charge in [-0.1, -0.05) is 35.5 Å². The topological polar surface area (TPSA) is 80.5 Å². The molecule has 1 amide bonds. The summed E-state index contributed by atoms with van der Waals surface area (Å²) in [5, 5.41) is 11.9. The minimum Gasteiger partial charge on any atom is -0.497 e. The summed E-state index contributed by atoms with van der Waals surface area (Å²) in [6, 6.07) is 15.0. The quantitative estimate of drug-likeness (QED) is 0.499. The normalized spacial score (nSPS) is 12.0. The van der Waals surface area contributed by atoms with Crippen molar-refractivity contribution in [2.45, 2.75) is 11.3 Å². The number of nitrogens with zero attached hydrogens (tertiary/aromatic N) is 3. The molecule has 30 heavy (non-hydrogen) atoms. The summed E-state index contributed by atoms with van der Waals surface area (Å²) < 4.78 is 10.8. The van der Waals surface area contributed by atoms with E-state index in [9.17, 15) is 4.79 Å². The summed E-state index contributed by atoms with van der Waals surface area (Å²) >= 11 is 7.09. The van der Waals surface area contributed by atoms with Crippen LogP contribution >= 0.6 is 23.4 Å². The van der Waals surface area contributed by atoms with E-state index in [0.29, 0.717) is 22.7 Å². The third-order valence-electron chi connectivity index (χ3n) is 4.44. The van der Waals surface area contributed by atoms with Crippen LogP contribution < -0.4 is 10.1 Å². The minimum atomic E-state index is -0.105. The van der Waals surface area contributed by atoms with Crippen LogP contribution in [-0.4, -0.2) is 54.5 Å². The lowest BCUT2D eigenvalue weighted by Crippen LogP contribution is -2.35. The van der Waals surface area contributed by atoms with Crippen molar-refractivity contribution >= 4 is 29.3 Å². The predicted molar refractivity (Wildman–Crippen MR) is 118 cm³/mol. The van der Waals surface area contributed by atoms with Crippen molar-refractivity contribution in [2.75, 3.05) is 33.5 Å². The van der Waals surface area contributed by atoms with E-state index in [1.807, 2.05) is 38.4 Å². The summed E-state index contributed by atoms with van der Waals surface area (Å²) in [6.07, 6.45) is 0. The Morgan fingerprint density at radius 3 is 2.50 bits per heavy atom. The number of halogens is 1. The molecular weight excluding hydrogens is 424 g/mol. The summed E-state index contributed by atoms with van der Waals surface area (Å²) in [5.74, 6) is 1.27. The number of thioether (sulfide) groups is 1. The monoisotopic (exact) mass is 446 g/mol. The number of hydrogen-bond donors (Lipinski definition) is 1. The SMILES string of the molecule is COc1ccc(C(CNC(=O)CSc2nnc(-c3ccc(Cl)cc3)o2)N(C)C)cc1. The molecule has 9 heteroatoms. The summed E-state index contributed by atoms with van der Waals surface area (Å²) in [5.41, 5.74) is 1.87. The molecule has 0 aliphatic carbocycles. The lowest BCUT2D eigenvalue weighted by Gasteiger charge is -2.25. The van der Waals surface area contributed by atoms with E-state index in [-0.39, 0.29) is 17.7 Å². The highest BCUT2D eigenvalue weighted by Gasteiger charge is 2.16. The number of carbonyl (C=O) groups is 1. The third-order valence-corrected chi connectivity index (χ3v) is 5.51. The van der Waals surface area contributed by atoms with E-state index in [4.69, 9.17) is 20.8 Å². The largest absolute Gasteiger partial charge is 0.497 e. The van der Waals surface area contributed by atoms with E-state index in [1.54, 1.807) is 31.4 Å². The van der Waals surface area contributed by atoms with Gasteiger partial charge in [-0.2, -0.15) is 0 Å². The standard InChI is InChI=1S/C21H23ClN4O3S/c1-26(2)18(14-6-10-17(28-3)11-7-14)12-23-19(27)13-30-21-25-24-20(29-21)15-4-8-16(22)9-5-15/h4-11,18H,12-13H2,1-3H3,(H,23,27). The van der Waals surface area contributed by atoms with Crippen LogP contribution in [0.15, 0.2) is 58.2 Å². The van der Waals surface area contributed by atoms with Crippen LogP contribution in [0, 0.1) is 0 Å². The molecule has 1 atom stereocenters. The average Bonchev–Trinajstić information content (AvgIpc) is 3.22. The summed E-state index contributed by atoms with van der Waals surface area (Å²) in [6.45, 7) is 0.485. The fourth-order valence-corrected chi connectivity index (χ4v) is 3.51. The number of rotatable bonds is 9. The van der Waals surface area contributed by atoms with Gasteiger partial charge in [-0.25, -0.2) is 0 Å². The Morgan fingerprint density at radius 2 is 1.87 bits per heavy atom. The van der Waals surface area contributed by atoms with Gasteiger partial charge < -0.3 is 19.4 Å². The molecule has 0 spiro atoms. The van der Waals surface area contributed by atoms with Gasteiger partial charge in [0.2, 0.25) is 11.8 Å². The van der Waals surface area contributed by atoms with E-state index < -0.39 is 0 Å². The maximum absolute atomic E-state index is 12.3. The zero-order valence-electron chi connectivity index (χ0n) is 17.0. The molecule has 3 aromatic rings. The Balaban J connectivity index is 1.51. The Labute approximate surface area is 184 Å². The molecule has 0 saturated carbocycles. The summed E-state index contributed by atoms with van der Waals surface area (Å²) in [7, 11) is 5.59. The number of ether oxygens (including phenoxy) is 1. The molecule has 2 aromatic carbocycles. The van der Waals surface area contributed by atoms with Crippen molar-refractivity contribution in [3.05, 3.63) is 59.1 Å². The molecule has 0 fully saturated rings. The number of likely N-dealkylation sites (N-methyl/N-ethyl adjacent to an activating group) is 1. The summed E-state index contributed by atoms with van der Waals surface area (Å²) in [4.78, 5) is 14.4. The molecule has 0 aliphatic rings. The van der Waals surface area contributed by atoms with E-state index >= 15 is 0 Å². The van der Waals surface area contributed by atoms with Crippen molar-refractivity contribution in [3.63, 3.8) is 0 Å². The third kappa shape index (κ3) is 5.98. The van der Waals surface area contributed by atoms with Crippen molar-refractivity contribution in [1.82, 2.24) is 20.4 Å². The number of methoxy groups -OCH3 is 1. The molecule has 0 bridgehead atoms. The van der Waals surface area contributed by atoms with Gasteiger partial charge in [0.1, 0.15) is 5.75 Å². The molecule has 1 unspecified atom stereocenters. The maximum Gasteiger partial charge on any atom is 0.277 e. The smallest absolute Gasteiger partial charge is 0.277 e. The molecule has 3 rings (SSSR count). The van der Waals surface area contributed by atoms with Crippen LogP contribution in [0.4, 0.5) is 0 Å². The molecule has 0 saturated heterocycles. The van der Waals surface area contributed by atoms with Gasteiger partial charge in [0.15, 0.2) is 0 Å². The zero-order chi connectivity index (χ0) is 21.5. The highest BCUT2D eigenvalue weighted by molar-refractivity contribution is 7.99. The second kappa shape index (κ2) is 10.5. The highest BCUT2D eigenvalue weighted by atomic mass is 35.5. The van der Waals surface area contributed by atoms with Crippen LogP contribution in [0.5, 0.6) is 5.75 Å². The average molecular weight is 447 g/mol. The van der Waals surface area contributed by atoms with Crippen LogP contribution in [0.25, 0.3) is 11.5 Å². The number of aromatic nitrogens is 2. The van der Waals surface area contributed by atoms with Gasteiger partial charge in [-0.15, -0.1) is 10.2 Å². The van der Waals surface area contributed by atoms with Crippen LogP contribution in [-0.2, 0) is 4.79 Å². The van der Waals surface area contributed by atoms with E-state index in [1.165, 1.54) is 11.8 Å². The van der Waals surface area contributed by atoms with Gasteiger partial charge in [0.05, 0.1) is 18.9 Å². The van der Waals surface area contributed by atoms with Gasteiger partial charge in [-0.3, -0.25) is 4.79 Å². The maximum atomic E-state index is 12.3. The number of hydrogen-bond acceptors (Lipinski definition) is 7. The Kier molecular flexibility index (Phi) is 7.73. The molecule has 7 nitrogen and oxygen atoms in total. The van der Waals surface area contributed by atoms with Crippen LogP contribution in [0.3, 0.4) is 0 Å². The van der Waals surface area contributed by atoms with Crippen LogP contribution in [0.2, 0.25) is 5.02 Å².